The van der Waals surface area contributed by atoms with E-state index in [1.807, 2.05) is 6.92 Å². The summed E-state index contributed by atoms with van der Waals surface area (Å²) >= 11 is 0. The second-order valence-electron chi connectivity index (χ2n) is 7.24. The molecule has 30 heavy (non-hydrogen) atoms. The van der Waals surface area contributed by atoms with Crippen molar-refractivity contribution < 1.29 is 26.7 Å². The number of aryl methyl sites for hydroxylation is 1. The number of halogens is 3. The number of aliphatic hydroxyl groups excluding tert-OH is 1. The maximum absolute atomic E-state index is 14.5. The molecule has 1 heterocycles. The molecule has 0 saturated heterocycles. The van der Waals surface area contributed by atoms with Gasteiger partial charge in [-0.2, -0.15) is 4.31 Å². The molecule has 1 unspecified atom stereocenters. The van der Waals surface area contributed by atoms with Gasteiger partial charge in [-0.3, -0.25) is 0 Å². The van der Waals surface area contributed by atoms with Gasteiger partial charge in [0.2, 0.25) is 10.0 Å². The molecule has 156 valence electrons. The van der Waals surface area contributed by atoms with Gasteiger partial charge in [-0.05, 0) is 48.4 Å². The standard InChI is InChI=1S/C22H18F3NO3S/c1-13-2-5-15(6-3-13)30(28,29)26-11-18-16(17-7-4-14(23)10-20(17)25)8-9-19(24)22(18)21(27)12-26/h2-10,21,27H,11-12H2,1H3. The minimum absolute atomic E-state index is 0.00515. The Kier molecular flexibility index (Phi) is 5.17. The summed E-state index contributed by atoms with van der Waals surface area (Å²) in [5, 5.41) is 10.6. The van der Waals surface area contributed by atoms with E-state index in [0.717, 1.165) is 22.0 Å². The van der Waals surface area contributed by atoms with E-state index in [-0.39, 0.29) is 40.2 Å². The summed E-state index contributed by atoms with van der Waals surface area (Å²) in [4.78, 5) is 0.0367. The van der Waals surface area contributed by atoms with E-state index in [1.54, 1.807) is 12.1 Å². The number of β-amino-alcohol motifs (C(OH)–C–C–N with tert-alkyl or cyclic N) is 1. The number of rotatable bonds is 3. The fraction of sp³-hybridized carbons (Fsp3) is 0.182. The molecule has 4 rings (SSSR count). The van der Waals surface area contributed by atoms with E-state index in [4.69, 9.17) is 0 Å². The van der Waals surface area contributed by atoms with Gasteiger partial charge in [-0.25, -0.2) is 21.6 Å². The van der Waals surface area contributed by atoms with Gasteiger partial charge in [-0.1, -0.05) is 23.8 Å². The van der Waals surface area contributed by atoms with Crippen LogP contribution in [0.5, 0.6) is 0 Å². The van der Waals surface area contributed by atoms with Crippen LogP contribution in [0.2, 0.25) is 0 Å². The average Bonchev–Trinajstić information content (AvgIpc) is 2.69. The first-order valence-electron chi connectivity index (χ1n) is 9.20. The molecule has 4 nitrogen and oxygen atoms in total. The van der Waals surface area contributed by atoms with Gasteiger partial charge in [0.15, 0.2) is 0 Å². The highest BCUT2D eigenvalue weighted by Crippen LogP contribution is 2.38. The van der Waals surface area contributed by atoms with E-state index < -0.39 is 33.6 Å². The fourth-order valence-electron chi connectivity index (χ4n) is 3.69. The molecule has 3 aromatic carbocycles. The van der Waals surface area contributed by atoms with E-state index >= 15 is 0 Å². The molecule has 3 aromatic rings. The molecule has 0 fully saturated rings. The minimum atomic E-state index is -3.99. The Balaban J connectivity index is 1.83. The highest BCUT2D eigenvalue weighted by Gasteiger charge is 2.36. The number of sulfonamides is 1. The lowest BCUT2D eigenvalue weighted by Gasteiger charge is -2.33. The number of fused-ring (bicyclic) bond motifs is 1. The summed E-state index contributed by atoms with van der Waals surface area (Å²) in [6, 6.07) is 11.6. The lowest BCUT2D eigenvalue weighted by atomic mass is 9.90. The van der Waals surface area contributed by atoms with E-state index in [1.165, 1.54) is 24.3 Å². The zero-order valence-electron chi connectivity index (χ0n) is 15.9. The number of hydrogen-bond donors (Lipinski definition) is 1. The predicted octanol–water partition coefficient (Wildman–Crippen LogP) is 4.32. The highest BCUT2D eigenvalue weighted by atomic mass is 32.2. The monoisotopic (exact) mass is 433 g/mol. The molecule has 1 aliphatic heterocycles. The van der Waals surface area contributed by atoms with Crippen LogP contribution in [0.3, 0.4) is 0 Å². The first-order chi connectivity index (χ1) is 14.2. The van der Waals surface area contributed by atoms with Gasteiger partial charge in [0, 0.05) is 30.3 Å². The Bertz CT molecular complexity index is 1230. The normalized spacial score (nSPS) is 17.0. The summed E-state index contributed by atoms with van der Waals surface area (Å²) in [5.41, 5.74) is 1.15. The van der Waals surface area contributed by atoms with Crippen molar-refractivity contribution in [2.45, 2.75) is 24.5 Å². The van der Waals surface area contributed by atoms with Crippen molar-refractivity contribution in [3.8, 4) is 11.1 Å². The maximum Gasteiger partial charge on any atom is 0.243 e. The van der Waals surface area contributed by atoms with Crippen LogP contribution in [0.25, 0.3) is 11.1 Å². The summed E-state index contributed by atoms with van der Waals surface area (Å²) in [6.45, 7) is 1.23. The second kappa shape index (κ2) is 7.54. The summed E-state index contributed by atoms with van der Waals surface area (Å²) in [7, 11) is -3.99. The van der Waals surface area contributed by atoms with Crippen LogP contribution in [-0.2, 0) is 16.6 Å². The summed E-state index contributed by atoms with van der Waals surface area (Å²) < 4.78 is 69.5. The molecular formula is C22H18F3NO3S. The lowest BCUT2D eigenvalue weighted by Crippen LogP contribution is -2.39. The zero-order chi connectivity index (χ0) is 21.6. The molecule has 0 bridgehead atoms. The van der Waals surface area contributed by atoms with Crippen LogP contribution in [-0.4, -0.2) is 24.4 Å². The van der Waals surface area contributed by atoms with Crippen molar-refractivity contribution in [3.63, 3.8) is 0 Å². The first-order valence-corrected chi connectivity index (χ1v) is 10.6. The molecule has 1 N–H and O–H groups in total. The number of aliphatic hydroxyl groups is 1. The smallest absolute Gasteiger partial charge is 0.243 e. The third kappa shape index (κ3) is 3.51. The highest BCUT2D eigenvalue weighted by molar-refractivity contribution is 7.89. The van der Waals surface area contributed by atoms with Crippen LogP contribution < -0.4 is 0 Å². The molecule has 0 spiro atoms. The molecule has 0 aliphatic carbocycles. The Morgan fingerprint density at radius 1 is 0.933 bits per heavy atom. The van der Waals surface area contributed by atoms with Gasteiger partial charge in [-0.15, -0.1) is 0 Å². The topological polar surface area (TPSA) is 57.6 Å². The van der Waals surface area contributed by atoms with Crippen LogP contribution in [0.4, 0.5) is 13.2 Å². The van der Waals surface area contributed by atoms with Crippen molar-refractivity contribution in [2.75, 3.05) is 6.54 Å². The van der Waals surface area contributed by atoms with Crippen molar-refractivity contribution in [1.29, 1.82) is 0 Å². The molecule has 0 saturated carbocycles. The van der Waals surface area contributed by atoms with Gasteiger partial charge in [0.1, 0.15) is 17.5 Å². The summed E-state index contributed by atoms with van der Waals surface area (Å²) in [6.07, 6.45) is -1.43. The minimum Gasteiger partial charge on any atom is -0.387 e. The third-order valence-electron chi connectivity index (χ3n) is 5.23. The van der Waals surface area contributed by atoms with Crippen molar-refractivity contribution in [2.24, 2.45) is 0 Å². The number of hydrogen-bond acceptors (Lipinski definition) is 3. The van der Waals surface area contributed by atoms with E-state index in [2.05, 4.69) is 0 Å². The molecule has 1 atom stereocenters. The Morgan fingerprint density at radius 3 is 2.27 bits per heavy atom. The third-order valence-corrected chi connectivity index (χ3v) is 7.05. The van der Waals surface area contributed by atoms with Crippen molar-refractivity contribution >= 4 is 10.0 Å². The van der Waals surface area contributed by atoms with Crippen molar-refractivity contribution in [3.05, 3.63) is 88.7 Å². The fourth-order valence-corrected chi connectivity index (χ4v) is 5.11. The lowest BCUT2D eigenvalue weighted by molar-refractivity contribution is 0.127. The van der Waals surface area contributed by atoms with E-state index in [9.17, 15) is 26.7 Å². The van der Waals surface area contributed by atoms with Crippen LogP contribution in [0.1, 0.15) is 22.8 Å². The van der Waals surface area contributed by atoms with Gasteiger partial charge >= 0.3 is 0 Å². The quantitative estimate of drug-likeness (QED) is 0.670. The first kappa shape index (κ1) is 20.6. The Hall–Kier alpha value is -2.68. The molecular weight excluding hydrogens is 415 g/mol. The van der Waals surface area contributed by atoms with Gasteiger partial charge < -0.3 is 5.11 Å². The molecule has 0 amide bonds. The average molecular weight is 433 g/mol. The van der Waals surface area contributed by atoms with Crippen molar-refractivity contribution in [1.82, 2.24) is 4.31 Å². The van der Waals surface area contributed by atoms with Crippen LogP contribution in [0.15, 0.2) is 59.5 Å². The molecule has 1 aliphatic rings. The van der Waals surface area contributed by atoms with E-state index in [0.29, 0.717) is 6.07 Å². The summed E-state index contributed by atoms with van der Waals surface area (Å²) in [5.74, 6) is -2.34. The maximum atomic E-state index is 14.5. The largest absolute Gasteiger partial charge is 0.387 e. The van der Waals surface area contributed by atoms with Gasteiger partial charge in [0.25, 0.3) is 0 Å². The number of nitrogens with zero attached hydrogens (tertiary/aromatic N) is 1. The van der Waals surface area contributed by atoms with Crippen LogP contribution >= 0.6 is 0 Å². The zero-order valence-corrected chi connectivity index (χ0v) is 16.8. The second-order valence-corrected chi connectivity index (χ2v) is 9.18. The molecule has 0 radical (unpaired) electrons. The van der Waals surface area contributed by atoms with Crippen LogP contribution in [0, 0.1) is 24.4 Å². The van der Waals surface area contributed by atoms with Gasteiger partial charge in [0.05, 0.1) is 11.0 Å². The Morgan fingerprint density at radius 2 is 1.60 bits per heavy atom. The molecule has 0 aromatic heterocycles. The predicted molar refractivity (Wildman–Crippen MR) is 105 cm³/mol. The molecule has 8 heteroatoms. The number of benzene rings is 3. The Labute approximate surface area is 172 Å². The SMILES string of the molecule is Cc1ccc(S(=O)(=O)N2Cc3c(-c4ccc(F)cc4F)ccc(F)c3C(O)C2)cc1.